The molecule has 5 atom stereocenters. The molecule has 35 heavy (non-hydrogen) atoms. The maximum absolute atomic E-state index is 14.3. The maximum atomic E-state index is 14.3. The van der Waals surface area contributed by atoms with Crippen LogP contribution in [0.25, 0.3) is 0 Å². The van der Waals surface area contributed by atoms with Crippen molar-refractivity contribution < 1.29 is 46.4 Å². The lowest BCUT2D eigenvalue weighted by molar-refractivity contribution is -0.272. The molecular formula is C23H25F5N2O5. The Morgan fingerprint density at radius 3 is 2.54 bits per heavy atom. The number of aromatic nitrogens is 1. The van der Waals surface area contributed by atoms with E-state index in [-0.39, 0.29) is 22.6 Å². The molecule has 0 saturated carbocycles. The molecule has 0 unspecified atom stereocenters. The van der Waals surface area contributed by atoms with Crippen molar-refractivity contribution in [3.05, 3.63) is 52.9 Å². The molecule has 12 heteroatoms. The van der Waals surface area contributed by atoms with Crippen molar-refractivity contribution in [3.63, 3.8) is 0 Å². The SMILES string of the molecule is COc1c([C@H]2[C@H](C(=O)Nc3cc([C@@H](O)CO)ncc3F)O[C@@](C)(C(F)(F)F)[C@H]2C)ccc(F)c1C. The van der Waals surface area contributed by atoms with Crippen LogP contribution in [0.4, 0.5) is 27.6 Å². The molecule has 3 N–H and O–H groups in total. The van der Waals surface area contributed by atoms with Crippen LogP contribution in [0, 0.1) is 24.5 Å². The maximum Gasteiger partial charge on any atom is 0.417 e. The molecule has 7 nitrogen and oxygen atoms in total. The van der Waals surface area contributed by atoms with E-state index < -0.39 is 65.7 Å². The summed E-state index contributed by atoms with van der Waals surface area (Å²) in [5, 5.41) is 21.0. The second kappa shape index (κ2) is 9.67. The molecular weight excluding hydrogens is 479 g/mol. The topological polar surface area (TPSA) is 101 Å². The van der Waals surface area contributed by atoms with Gasteiger partial charge in [0.15, 0.2) is 11.4 Å². The fraction of sp³-hybridized carbons (Fsp3) is 0.478. The quantitative estimate of drug-likeness (QED) is 0.518. The minimum absolute atomic E-state index is 0.0295. The Balaban J connectivity index is 2.08. The van der Waals surface area contributed by atoms with Gasteiger partial charge < -0.3 is 25.0 Å². The van der Waals surface area contributed by atoms with Crippen LogP contribution in [-0.4, -0.2) is 52.7 Å². The van der Waals surface area contributed by atoms with E-state index in [1.165, 1.54) is 27.0 Å². The normalized spacial score (nSPS) is 25.4. The van der Waals surface area contributed by atoms with Crippen LogP contribution in [0.15, 0.2) is 24.4 Å². The smallest absolute Gasteiger partial charge is 0.417 e. The number of carbonyl (C=O) groups is 1. The van der Waals surface area contributed by atoms with E-state index >= 15 is 0 Å². The molecule has 1 saturated heterocycles. The Labute approximate surface area is 197 Å². The number of hydrogen-bond acceptors (Lipinski definition) is 6. The summed E-state index contributed by atoms with van der Waals surface area (Å²) >= 11 is 0. The first-order valence-corrected chi connectivity index (χ1v) is 10.6. The fourth-order valence-electron chi connectivity index (χ4n) is 4.28. The summed E-state index contributed by atoms with van der Waals surface area (Å²) in [5.74, 6) is -5.38. The molecule has 0 radical (unpaired) electrons. The summed E-state index contributed by atoms with van der Waals surface area (Å²) in [7, 11) is 1.23. The number of alkyl halides is 3. The van der Waals surface area contributed by atoms with E-state index in [0.717, 1.165) is 19.1 Å². The molecule has 0 aliphatic carbocycles. The third-order valence-electron chi connectivity index (χ3n) is 6.51. The van der Waals surface area contributed by atoms with Crippen molar-refractivity contribution >= 4 is 11.6 Å². The lowest BCUT2D eigenvalue weighted by atomic mass is 9.76. The van der Waals surface area contributed by atoms with Gasteiger partial charge in [-0.3, -0.25) is 9.78 Å². The third kappa shape index (κ3) is 4.69. The van der Waals surface area contributed by atoms with Gasteiger partial charge in [-0.05, 0) is 26.0 Å². The first-order valence-electron chi connectivity index (χ1n) is 10.6. The van der Waals surface area contributed by atoms with Gasteiger partial charge in [0.05, 0.1) is 31.3 Å². The van der Waals surface area contributed by atoms with Gasteiger partial charge in [0.1, 0.15) is 23.8 Å². The molecule has 192 valence electrons. The number of ether oxygens (including phenoxy) is 2. The van der Waals surface area contributed by atoms with Crippen LogP contribution < -0.4 is 10.1 Å². The van der Waals surface area contributed by atoms with Crippen LogP contribution in [0.2, 0.25) is 0 Å². The number of halogens is 5. The second-order valence-corrected chi connectivity index (χ2v) is 8.53. The Kier molecular flexibility index (Phi) is 7.39. The zero-order valence-corrected chi connectivity index (χ0v) is 19.3. The number of methoxy groups -OCH3 is 1. The molecule has 2 heterocycles. The Hall–Kier alpha value is -2.83. The van der Waals surface area contributed by atoms with Gasteiger partial charge in [0, 0.05) is 23.0 Å². The lowest BCUT2D eigenvalue weighted by Gasteiger charge is -2.32. The number of nitrogens with one attached hydrogen (secondary N) is 1. The summed E-state index contributed by atoms with van der Waals surface area (Å²) in [5.41, 5.74) is -3.25. The van der Waals surface area contributed by atoms with Crippen LogP contribution in [0.3, 0.4) is 0 Å². The largest absolute Gasteiger partial charge is 0.496 e. The summed E-state index contributed by atoms with van der Waals surface area (Å²) < 4.78 is 81.2. The van der Waals surface area contributed by atoms with E-state index in [0.29, 0.717) is 6.20 Å². The van der Waals surface area contributed by atoms with Crippen molar-refractivity contribution in [2.75, 3.05) is 19.0 Å². The van der Waals surface area contributed by atoms with Crippen LogP contribution in [0.1, 0.15) is 42.7 Å². The van der Waals surface area contributed by atoms with Crippen molar-refractivity contribution in [1.29, 1.82) is 0 Å². The number of carbonyl (C=O) groups excluding carboxylic acids is 1. The van der Waals surface area contributed by atoms with Gasteiger partial charge in [-0.1, -0.05) is 13.0 Å². The fourth-order valence-corrected chi connectivity index (χ4v) is 4.28. The number of hydrogen-bond donors (Lipinski definition) is 3. The Morgan fingerprint density at radius 2 is 1.97 bits per heavy atom. The van der Waals surface area contributed by atoms with Gasteiger partial charge in [-0.2, -0.15) is 13.2 Å². The molecule has 0 spiro atoms. The number of aliphatic hydroxyl groups excluding tert-OH is 2. The molecule has 1 aliphatic rings. The predicted octanol–water partition coefficient (Wildman–Crippen LogP) is 3.78. The molecule has 1 fully saturated rings. The zero-order valence-electron chi connectivity index (χ0n) is 19.3. The minimum Gasteiger partial charge on any atom is -0.496 e. The minimum atomic E-state index is -4.87. The molecule has 2 aromatic rings. The number of anilines is 1. The van der Waals surface area contributed by atoms with E-state index in [2.05, 4.69) is 10.3 Å². The van der Waals surface area contributed by atoms with E-state index in [1.807, 2.05) is 0 Å². The van der Waals surface area contributed by atoms with E-state index in [4.69, 9.17) is 14.6 Å². The number of pyridine rings is 1. The number of nitrogens with zero attached hydrogens (tertiary/aromatic N) is 1. The molecule has 0 bridgehead atoms. The highest BCUT2D eigenvalue weighted by molar-refractivity contribution is 5.95. The number of aliphatic hydroxyl groups is 2. The molecule has 1 aromatic heterocycles. The first kappa shape index (κ1) is 26.8. The van der Waals surface area contributed by atoms with Crippen LogP contribution in [0.5, 0.6) is 5.75 Å². The lowest BCUT2D eigenvalue weighted by Crippen LogP contribution is -2.47. The highest BCUT2D eigenvalue weighted by Crippen LogP contribution is 2.55. The molecule has 1 aliphatic heterocycles. The number of benzene rings is 1. The average molecular weight is 504 g/mol. The van der Waals surface area contributed by atoms with Gasteiger partial charge in [-0.15, -0.1) is 0 Å². The second-order valence-electron chi connectivity index (χ2n) is 8.53. The zero-order chi connectivity index (χ0) is 26.3. The predicted molar refractivity (Wildman–Crippen MR) is 114 cm³/mol. The Bertz CT molecular complexity index is 1110. The van der Waals surface area contributed by atoms with Crippen molar-refractivity contribution in [2.24, 2.45) is 5.92 Å². The van der Waals surface area contributed by atoms with Crippen LogP contribution >= 0.6 is 0 Å². The molecule has 3 rings (SSSR count). The summed E-state index contributed by atoms with van der Waals surface area (Å²) in [6, 6.07) is 3.24. The molecule has 1 amide bonds. The summed E-state index contributed by atoms with van der Waals surface area (Å²) in [6.07, 6.45) is -7.43. The molecule has 1 aromatic carbocycles. The standard InChI is InChI=1S/C23H25F5N2O5/c1-10-13(24)6-5-12(19(10)34-4)18-11(2)22(3,23(26,27)28)35-20(18)21(33)30-15-7-16(17(32)9-31)29-8-14(15)25/h5-8,11,17-18,20,31-32H,9H2,1-4H3,(H,29,30,33)/t11-,17-,18-,20+,22+/m0/s1. The van der Waals surface area contributed by atoms with Gasteiger partial charge in [-0.25, -0.2) is 8.78 Å². The third-order valence-corrected chi connectivity index (χ3v) is 6.51. The first-order chi connectivity index (χ1) is 16.3. The number of amides is 1. The van der Waals surface area contributed by atoms with Crippen molar-refractivity contribution in [1.82, 2.24) is 4.98 Å². The number of rotatable bonds is 6. The highest BCUT2D eigenvalue weighted by Gasteiger charge is 2.65. The van der Waals surface area contributed by atoms with Crippen LogP contribution in [-0.2, 0) is 9.53 Å². The van der Waals surface area contributed by atoms with Gasteiger partial charge >= 0.3 is 6.18 Å². The van der Waals surface area contributed by atoms with E-state index in [9.17, 15) is 31.9 Å². The highest BCUT2D eigenvalue weighted by atomic mass is 19.4. The monoisotopic (exact) mass is 504 g/mol. The summed E-state index contributed by atoms with van der Waals surface area (Å²) in [6.45, 7) is 2.72. The summed E-state index contributed by atoms with van der Waals surface area (Å²) in [4.78, 5) is 16.8. The van der Waals surface area contributed by atoms with E-state index in [1.54, 1.807) is 0 Å². The average Bonchev–Trinajstić information content (AvgIpc) is 3.08. The van der Waals surface area contributed by atoms with Crippen molar-refractivity contribution in [2.45, 2.75) is 50.7 Å². The van der Waals surface area contributed by atoms with Gasteiger partial charge in [0.2, 0.25) is 0 Å². The van der Waals surface area contributed by atoms with Gasteiger partial charge in [0.25, 0.3) is 5.91 Å². The van der Waals surface area contributed by atoms with Crippen molar-refractivity contribution in [3.8, 4) is 5.75 Å². The Morgan fingerprint density at radius 1 is 1.31 bits per heavy atom.